The molecule has 16 nitrogen and oxygen atoms in total. The smallest absolute Gasteiger partial charge is 0.409 e. The number of benzene rings is 1. The molecule has 2 atom stereocenters. The van der Waals surface area contributed by atoms with Crippen molar-refractivity contribution in [1.82, 2.24) is 35.1 Å². The number of hydrogen-bond donors (Lipinski definition) is 2. The standard InChI is InChI=1S/C37H49N7O9/c1-2-51-37(50)42-21-19-41(20-22-42)36(49)28(16-17-33(46)53-27-13-7-14-27)39-34(47)29-23-32(44(40-29)26-11-4-3-5-12-26)52-24-31(45)43-18-8-15-30(43)35(48)38-25-9-6-10-25/h3-5,11-12,23,25,27-28,30H,2,6-10,13-22,24H2,1H3,(H,38,48)(H,39,47). The molecule has 3 heterocycles. The molecule has 4 aliphatic rings. The van der Waals surface area contributed by atoms with Gasteiger partial charge in [-0.3, -0.25) is 24.0 Å². The van der Waals surface area contributed by atoms with Crippen molar-refractivity contribution in [2.45, 2.75) is 95.4 Å². The lowest BCUT2D eigenvalue weighted by molar-refractivity contribution is -0.153. The Labute approximate surface area is 308 Å². The molecule has 1 aromatic heterocycles. The number of nitrogens with zero attached hydrogens (tertiary/aromatic N) is 5. The Hall–Kier alpha value is -5.15. The van der Waals surface area contributed by atoms with E-state index in [0.29, 0.717) is 25.1 Å². The maximum atomic E-state index is 13.8. The molecule has 0 radical (unpaired) electrons. The number of carbonyl (C=O) groups excluding carboxylic acids is 6. The molecule has 2 aliphatic heterocycles. The van der Waals surface area contributed by atoms with Gasteiger partial charge in [-0.2, -0.15) is 5.10 Å². The van der Waals surface area contributed by atoms with Gasteiger partial charge in [-0.25, -0.2) is 9.48 Å². The van der Waals surface area contributed by atoms with Crippen LogP contribution >= 0.6 is 0 Å². The fourth-order valence-electron chi connectivity index (χ4n) is 6.77. The summed E-state index contributed by atoms with van der Waals surface area (Å²) in [5.74, 6) is -1.90. The van der Waals surface area contributed by atoms with Crippen molar-refractivity contribution in [3.05, 3.63) is 42.1 Å². The van der Waals surface area contributed by atoms with Gasteiger partial charge in [0.15, 0.2) is 12.3 Å². The van der Waals surface area contributed by atoms with Gasteiger partial charge < -0.3 is 39.5 Å². The first-order valence-corrected chi connectivity index (χ1v) is 18.8. The molecule has 2 saturated heterocycles. The highest BCUT2D eigenvalue weighted by molar-refractivity contribution is 5.96. The van der Waals surface area contributed by atoms with Crippen LogP contribution in [0, 0.1) is 0 Å². The Morgan fingerprint density at radius 2 is 1.60 bits per heavy atom. The van der Waals surface area contributed by atoms with Gasteiger partial charge in [-0.15, -0.1) is 0 Å². The second kappa shape index (κ2) is 17.6. The summed E-state index contributed by atoms with van der Waals surface area (Å²) >= 11 is 0. The quantitative estimate of drug-likeness (QED) is 0.273. The van der Waals surface area contributed by atoms with Gasteiger partial charge in [0.25, 0.3) is 11.8 Å². The minimum atomic E-state index is -1.09. The maximum absolute atomic E-state index is 13.8. The lowest BCUT2D eigenvalue weighted by Crippen LogP contribution is -2.56. The van der Waals surface area contributed by atoms with Crippen molar-refractivity contribution in [3.8, 4) is 11.6 Å². The molecule has 16 heteroatoms. The van der Waals surface area contributed by atoms with E-state index >= 15 is 0 Å². The molecule has 0 bridgehead atoms. The summed E-state index contributed by atoms with van der Waals surface area (Å²) in [4.78, 5) is 83.4. The van der Waals surface area contributed by atoms with Crippen LogP contribution in [0.2, 0.25) is 0 Å². The highest BCUT2D eigenvalue weighted by Gasteiger charge is 2.36. The summed E-state index contributed by atoms with van der Waals surface area (Å²) in [6.07, 6.45) is 6.24. The van der Waals surface area contributed by atoms with E-state index in [9.17, 15) is 28.8 Å². The first kappa shape index (κ1) is 37.6. The number of carbonyl (C=O) groups is 6. The van der Waals surface area contributed by atoms with E-state index in [2.05, 4.69) is 15.7 Å². The molecule has 1 aromatic carbocycles. The van der Waals surface area contributed by atoms with Crippen molar-refractivity contribution in [2.24, 2.45) is 0 Å². The number of piperazine rings is 1. The van der Waals surface area contributed by atoms with Crippen LogP contribution in [0.15, 0.2) is 36.4 Å². The van der Waals surface area contributed by atoms with Crippen LogP contribution in [0.1, 0.15) is 81.6 Å². The third kappa shape index (κ3) is 9.45. The summed E-state index contributed by atoms with van der Waals surface area (Å²) in [7, 11) is 0. The number of hydrogen-bond acceptors (Lipinski definition) is 10. The molecule has 2 saturated carbocycles. The number of aromatic nitrogens is 2. The average molecular weight is 736 g/mol. The van der Waals surface area contributed by atoms with Crippen molar-refractivity contribution in [3.63, 3.8) is 0 Å². The summed E-state index contributed by atoms with van der Waals surface area (Å²) in [5.41, 5.74) is 0.496. The zero-order chi connectivity index (χ0) is 37.3. The number of likely N-dealkylation sites (tertiary alicyclic amines) is 1. The minimum absolute atomic E-state index is 0.00318. The van der Waals surface area contributed by atoms with Crippen LogP contribution in [0.5, 0.6) is 5.88 Å². The zero-order valence-electron chi connectivity index (χ0n) is 30.2. The van der Waals surface area contributed by atoms with Gasteiger partial charge in [0.05, 0.1) is 12.3 Å². The number of nitrogens with one attached hydrogen (secondary N) is 2. The third-order valence-electron chi connectivity index (χ3n) is 10.3. The van der Waals surface area contributed by atoms with E-state index in [1.807, 2.05) is 6.07 Å². The number of esters is 1. The first-order chi connectivity index (χ1) is 25.7. The van der Waals surface area contributed by atoms with Crippen LogP contribution in [0.3, 0.4) is 0 Å². The molecule has 2 aliphatic carbocycles. The minimum Gasteiger partial charge on any atom is -0.467 e. The topological polar surface area (TPSA) is 182 Å². The average Bonchev–Trinajstić information content (AvgIpc) is 3.81. The van der Waals surface area contributed by atoms with Crippen LogP contribution in [0.25, 0.3) is 5.69 Å². The maximum Gasteiger partial charge on any atom is 0.409 e. The Morgan fingerprint density at radius 1 is 0.887 bits per heavy atom. The fourth-order valence-corrected chi connectivity index (χ4v) is 6.77. The van der Waals surface area contributed by atoms with Gasteiger partial charge in [0, 0.05) is 51.3 Å². The monoisotopic (exact) mass is 735 g/mol. The third-order valence-corrected chi connectivity index (χ3v) is 10.3. The summed E-state index contributed by atoms with van der Waals surface area (Å²) in [6, 6.07) is 8.86. The highest BCUT2D eigenvalue weighted by atomic mass is 16.6. The Bertz CT molecular complexity index is 1630. The van der Waals surface area contributed by atoms with Crippen LogP contribution < -0.4 is 15.4 Å². The summed E-state index contributed by atoms with van der Waals surface area (Å²) in [6.45, 7) is 3.01. The molecule has 2 N–H and O–H groups in total. The van der Waals surface area contributed by atoms with Gasteiger partial charge in [0.1, 0.15) is 18.2 Å². The molecular formula is C37H49N7O9. The molecule has 2 unspecified atom stereocenters. The summed E-state index contributed by atoms with van der Waals surface area (Å²) < 4.78 is 18.0. The molecule has 2 aromatic rings. The van der Waals surface area contributed by atoms with Crippen LogP contribution in [-0.4, -0.2) is 130 Å². The molecule has 0 spiro atoms. The van der Waals surface area contributed by atoms with E-state index in [1.54, 1.807) is 41.0 Å². The molecule has 5 amide bonds. The normalized spacial score (nSPS) is 19.4. The zero-order valence-corrected chi connectivity index (χ0v) is 30.2. The van der Waals surface area contributed by atoms with Crippen molar-refractivity contribution in [1.29, 1.82) is 0 Å². The molecule has 286 valence electrons. The van der Waals surface area contributed by atoms with Crippen molar-refractivity contribution in [2.75, 3.05) is 45.9 Å². The number of ether oxygens (including phenoxy) is 3. The number of rotatable bonds is 14. The molecular weight excluding hydrogens is 686 g/mol. The van der Waals surface area contributed by atoms with E-state index in [1.165, 1.54) is 15.6 Å². The Kier molecular flexibility index (Phi) is 12.5. The Morgan fingerprint density at radius 3 is 2.26 bits per heavy atom. The van der Waals surface area contributed by atoms with Crippen molar-refractivity contribution >= 4 is 35.7 Å². The van der Waals surface area contributed by atoms with Crippen LogP contribution in [-0.2, 0) is 28.7 Å². The van der Waals surface area contributed by atoms with Gasteiger partial charge >= 0.3 is 12.1 Å². The van der Waals surface area contributed by atoms with Gasteiger partial charge in [-0.05, 0) is 76.8 Å². The fraction of sp³-hybridized carbons (Fsp3) is 0.595. The second-order valence-corrected chi connectivity index (χ2v) is 13.9. The highest BCUT2D eigenvalue weighted by Crippen LogP contribution is 2.25. The lowest BCUT2D eigenvalue weighted by Gasteiger charge is -2.36. The molecule has 53 heavy (non-hydrogen) atoms. The van der Waals surface area contributed by atoms with E-state index < -0.39 is 36.0 Å². The molecule has 6 rings (SSSR count). The SMILES string of the molecule is CCOC(=O)N1CCN(C(=O)C(CCC(=O)OC2CCC2)NC(=O)c2cc(OCC(=O)N3CCCC3C(=O)NC3CCC3)n(-c3ccccc3)n2)CC1. The van der Waals surface area contributed by atoms with Crippen LogP contribution in [0.4, 0.5) is 4.79 Å². The van der Waals surface area contributed by atoms with Gasteiger partial charge in [0.2, 0.25) is 17.7 Å². The predicted octanol–water partition coefficient (Wildman–Crippen LogP) is 2.19. The summed E-state index contributed by atoms with van der Waals surface area (Å²) in [5, 5.41) is 10.3. The van der Waals surface area contributed by atoms with E-state index in [0.717, 1.165) is 38.5 Å². The first-order valence-electron chi connectivity index (χ1n) is 18.8. The second-order valence-electron chi connectivity index (χ2n) is 13.9. The largest absolute Gasteiger partial charge is 0.467 e. The Balaban J connectivity index is 1.14. The van der Waals surface area contributed by atoms with E-state index in [4.69, 9.17) is 14.2 Å². The number of amides is 5. The molecule has 4 fully saturated rings. The van der Waals surface area contributed by atoms with Gasteiger partial charge in [-0.1, -0.05) is 18.2 Å². The lowest BCUT2D eigenvalue weighted by atomic mass is 9.93. The van der Waals surface area contributed by atoms with E-state index in [-0.39, 0.29) is 87.8 Å². The number of para-hydroxylation sites is 1. The predicted molar refractivity (Wildman–Crippen MR) is 189 cm³/mol. The van der Waals surface area contributed by atoms with Crippen molar-refractivity contribution < 1.29 is 43.0 Å².